The molecule has 1 fully saturated rings. The van der Waals surface area contributed by atoms with Crippen LogP contribution >= 0.6 is 0 Å². The highest BCUT2D eigenvalue weighted by Gasteiger charge is 2.26. The monoisotopic (exact) mass is 250 g/mol. The second-order valence-electron chi connectivity index (χ2n) is 4.75. The first kappa shape index (κ1) is 12.8. The molecule has 2 unspecified atom stereocenters. The third kappa shape index (κ3) is 2.98. The Morgan fingerprint density at radius 2 is 2.22 bits per heavy atom. The Hall–Kier alpha value is -1.62. The number of hydrogen-bond acceptors (Lipinski definition) is 4. The van der Waals surface area contributed by atoms with Gasteiger partial charge in [0.05, 0.1) is 0 Å². The molecule has 5 nitrogen and oxygen atoms in total. The van der Waals surface area contributed by atoms with E-state index >= 15 is 0 Å². The minimum atomic E-state index is -1.02. The van der Waals surface area contributed by atoms with Crippen LogP contribution in [0.15, 0.2) is 18.3 Å². The second kappa shape index (κ2) is 5.82. The van der Waals surface area contributed by atoms with Crippen LogP contribution in [0.1, 0.15) is 29.8 Å². The fourth-order valence-corrected chi connectivity index (χ4v) is 2.53. The topological polar surface area (TPSA) is 82.5 Å². The van der Waals surface area contributed by atoms with Crippen LogP contribution in [-0.2, 0) is 0 Å². The third-order valence-corrected chi connectivity index (χ3v) is 3.60. The molecule has 5 heteroatoms. The first-order chi connectivity index (χ1) is 8.70. The Morgan fingerprint density at radius 1 is 1.44 bits per heavy atom. The van der Waals surface area contributed by atoms with Crippen molar-refractivity contribution in [3.8, 4) is 0 Å². The van der Waals surface area contributed by atoms with Gasteiger partial charge in [-0.1, -0.05) is 6.42 Å². The minimum absolute atomic E-state index is 0.0464. The lowest BCUT2D eigenvalue weighted by Gasteiger charge is -2.18. The Bertz CT molecular complexity index is 422. The molecule has 0 saturated heterocycles. The molecule has 0 radical (unpaired) electrons. The maximum absolute atomic E-state index is 10.8. The van der Waals surface area contributed by atoms with Crippen molar-refractivity contribution in [2.45, 2.75) is 19.3 Å². The van der Waals surface area contributed by atoms with Crippen LogP contribution in [0.5, 0.6) is 0 Å². The van der Waals surface area contributed by atoms with Crippen molar-refractivity contribution in [1.29, 1.82) is 0 Å². The molecular formula is C13H18N2O3. The summed E-state index contributed by atoms with van der Waals surface area (Å²) in [5, 5.41) is 21.3. The van der Waals surface area contributed by atoms with Gasteiger partial charge in [-0.15, -0.1) is 0 Å². The fraction of sp³-hybridized carbons (Fsp3) is 0.538. The molecule has 1 saturated carbocycles. The highest BCUT2D eigenvalue weighted by atomic mass is 16.4. The molecule has 1 aromatic rings. The standard InChI is InChI=1S/C13H18N2O3/c16-8-10-3-1-2-9(10)7-15-11-4-5-14-12(6-11)13(17)18/h4-6,9-10,16H,1-3,7-8H2,(H,14,15)(H,17,18). The highest BCUT2D eigenvalue weighted by Crippen LogP contribution is 2.31. The number of aliphatic hydroxyl groups is 1. The molecule has 18 heavy (non-hydrogen) atoms. The molecule has 3 N–H and O–H groups in total. The highest BCUT2D eigenvalue weighted by molar-refractivity contribution is 5.86. The number of pyridine rings is 1. The summed E-state index contributed by atoms with van der Waals surface area (Å²) in [6.07, 6.45) is 4.85. The number of carbonyl (C=O) groups is 1. The van der Waals surface area contributed by atoms with E-state index < -0.39 is 5.97 Å². The van der Waals surface area contributed by atoms with Crippen LogP contribution in [-0.4, -0.2) is 34.3 Å². The zero-order valence-electron chi connectivity index (χ0n) is 10.2. The molecule has 98 valence electrons. The number of nitrogens with zero attached hydrogens (tertiary/aromatic N) is 1. The summed E-state index contributed by atoms with van der Waals surface area (Å²) in [5.41, 5.74) is 0.816. The van der Waals surface area contributed by atoms with Crippen LogP contribution in [0, 0.1) is 11.8 Å². The Balaban J connectivity index is 1.93. The maximum Gasteiger partial charge on any atom is 0.354 e. The summed E-state index contributed by atoms with van der Waals surface area (Å²) in [7, 11) is 0. The van der Waals surface area contributed by atoms with Crippen molar-refractivity contribution >= 4 is 11.7 Å². The van der Waals surface area contributed by atoms with Crippen molar-refractivity contribution in [2.75, 3.05) is 18.5 Å². The van der Waals surface area contributed by atoms with E-state index in [1.54, 1.807) is 6.07 Å². The van der Waals surface area contributed by atoms with Crippen LogP contribution in [0.2, 0.25) is 0 Å². The summed E-state index contributed by atoms with van der Waals surface area (Å²) in [4.78, 5) is 14.6. The number of rotatable bonds is 5. The van der Waals surface area contributed by atoms with Gasteiger partial charge in [-0.3, -0.25) is 0 Å². The van der Waals surface area contributed by atoms with E-state index in [9.17, 15) is 9.90 Å². The molecule has 1 aromatic heterocycles. The molecule has 0 amide bonds. The normalized spacial score (nSPS) is 22.9. The zero-order chi connectivity index (χ0) is 13.0. The second-order valence-corrected chi connectivity index (χ2v) is 4.75. The van der Waals surface area contributed by atoms with Gasteiger partial charge in [0, 0.05) is 25.0 Å². The number of aliphatic hydroxyl groups excluding tert-OH is 1. The van der Waals surface area contributed by atoms with Crippen molar-refractivity contribution in [3.63, 3.8) is 0 Å². The number of aromatic carboxylic acids is 1. The predicted molar refractivity (Wildman–Crippen MR) is 67.6 cm³/mol. The molecule has 0 aromatic carbocycles. The lowest BCUT2D eigenvalue weighted by Crippen LogP contribution is -2.20. The summed E-state index contributed by atoms with van der Waals surface area (Å²) < 4.78 is 0. The molecule has 0 aliphatic heterocycles. The van der Waals surface area contributed by atoms with Crippen LogP contribution < -0.4 is 5.32 Å². The number of carboxylic acid groups (broad SMARTS) is 1. The van der Waals surface area contributed by atoms with Crippen LogP contribution in [0.4, 0.5) is 5.69 Å². The molecule has 1 heterocycles. The van der Waals surface area contributed by atoms with Crippen LogP contribution in [0.3, 0.4) is 0 Å². The van der Waals surface area contributed by atoms with Crippen molar-refractivity contribution in [2.24, 2.45) is 11.8 Å². The molecule has 2 rings (SSSR count). The summed E-state index contributed by atoms with van der Waals surface area (Å²) in [6, 6.07) is 3.29. The number of carboxylic acids is 1. The van der Waals surface area contributed by atoms with Gasteiger partial charge in [0.1, 0.15) is 5.69 Å². The maximum atomic E-state index is 10.8. The van der Waals surface area contributed by atoms with Gasteiger partial charge in [0.25, 0.3) is 0 Å². The van der Waals surface area contributed by atoms with E-state index in [2.05, 4.69) is 10.3 Å². The summed E-state index contributed by atoms with van der Waals surface area (Å²) in [6.45, 7) is 1.01. The fourth-order valence-electron chi connectivity index (χ4n) is 2.53. The summed E-state index contributed by atoms with van der Waals surface area (Å²) >= 11 is 0. The first-order valence-corrected chi connectivity index (χ1v) is 6.25. The molecule has 1 aliphatic carbocycles. The van der Waals surface area contributed by atoms with Crippen molar-refractivity contribution in [1.82, 2.24) is 4.98 Å². The van der Waals surface area contributed by atoms with E-state index in [4.69, 9.17) is 5.11 Å². The summed E-state index contributed by atoms with van der Waals surface area (Å²) in [5.74, 6) is -0.178. The average Bonchev–Trinajstić information content (AvgIpc) is 2.84. The number of aromatic nitrogens is 1. The van der Waals surface area contributed by atoms with Gasteiger partial charge in [0.15, 0.2) is 0 Å². The number of anilines is 1. The lowest BCUT2D eigenvalue weighted by atomic mass is 9.97. The Morgan fingerprint density at radius 3 is 2.94 bits per heavy atom. The number of nitrogens with one attached hydrogen (secondary N) is 1. The Labute approximate surface area is 106 Å². The van der Waals surface area contributed by atoms with Gasteiger partial charge in [-0.25, -0.2) is 9.78 Å². The molecule has 0 bridgehead atoms. The molecule has 0 spiro atoms. The zero-order valence-corrected chi connectivity index (χ0v) is 10.2. The van der Waals surface area contributed by atoms with E-state index in [-0.39, 0.29) is 12.3 Å². The van der Waals surface area contributed by atoms with E-state index in [1.807, 2.05) is 0 Å². The quantitative estimate of drug-likeness (QED) is 0.739. The van der Waals surface area contributed by atoms with Gasteiger partial charge in [0.2, 0.25) is 0 Å². The minimum Gasteiger partial charge on any atom is -0.477 e. The Kier molecular flexibility index (Phi) is 4.15. The SMILES string of the molecule is O=C(O)c1cc(NCC2CCCC2CO)ccn1. The predicted octanol–water partition coefficient (Wildman–Crippen LogP) is 1.60. The van der Waals surface area contributed by atoms with Gasteiger partial charge < -0.3 is 15.5 Å². The van der Waals surface area contributed by atoms with E-state index in [1.165, 1.54) is 12.3 Å². The first-order valence-electron chi connectivity index (χ1n) is 6.25. The van der Waals surface area contributed by atoms with Gasteiger partial charge in [-0.05, 0) is 36.8 Å². The van der Waals surface area contributed by atoms with Crippen molar-refractivity contribution < 1.29 is 15.0 Å². The van der Waals surface area contributed by atoms with E-state index in [0.717, 1.165) is 31.5 Å². The average molecular weight is 250 g/mol. The van der Waals surface area contributed by atoms with Gasteiger partial charge >= 0.3 is 5.97 Å². The van der Waals surface area contributed by atoms with Gasteiger partial charge in [-0.2, -0.15) is 0 Å². The number of hydrogen-bond donors (Lipinski definition) is 3. The molecular weight excluding hydrogens is 232 g/mol. The lowest BCUT2D eigenvalue weighted by molar-refractivity contribution is 0.0690. The van der Waals surface area contributed by atoms with Crippen molar-refractivity contribution in [3.05, 3.63) is 24.0 Å². The van der Waals surface area contributed by atoms with Crippen LogP contribution in [0.25, 0.3) is 0 Å². The molecule has 1 aliphatic rings. The largest absolute Gasteiger partial charge is 0.477 e. The van der Waals surface area contributed by atoms with E-state index in [0.29, 0.717) is 11.8 Å². The molecule has 2 atom stereocenters. The third-order valence-electron chi connectivity index (χ3n) is 3.60. The smallest absolute Gasteiger partial charge is 0.354 e.